The molecule has 2 heteroatoms. The Morgan fingerprint density at radius 2 is 1.04 bits per heavy atom. The predicted molar refractivity (Wildman–Crippen MR) is 114 cm³/mol. The first-order chi connectivity index (χ1) is 12.7. The second-order valence-corrected chi connectivity index (χ2v) is 7.34. The van der Waals surface area contributed by atoms with Gasteiger partial charge in [-0.1, -0.05) is 76.3 Å². The van der Waals surface area contributed by atoms with Crippen LogP contribution in [0.15, 0.2) is 54.6 Å². The first-order valence-electron chi connectivity index (χ1n) is 9.14. The summed E-state index contributed by atoms with van der Waals surface area (Å²) in [5.74, 6) is -0.881. The number of aromatic carboxylic acids is 1. The van der Waals surface area contributed by atoms with E-state index in [2.05, 4.69) is 45.0 Å². The predicted octanol–water partition coefficient (Wildman–Crippen LogP) is 6.59. The molecule has 0 radical (unpaired) electrons. The molecule has 27 heavy (non-hydrogen) atoms. The maximum absolute atomic E-state index is 11.3. The molecule has 3 aromatic carbocycles. The van der Waals surface area contributed by atoms with Crippen LogP contribution in [0.3, 0.4) is 0 Å². The quantitative estimate of drug-likeness (QED) is 0.560. The van der Waals surface area contributed by atoms with Crippen LogP contribution in [0, 0.1) is 41.5 Å². The number of rotatable bonds is 2. The number of benzene rings is 3. The van der Waals surface area contributed by atoms with Crippen molar-refractivity contribution in [1.82, 2.24) is 0 Å². The first kappa shape index (κ1) is 20.4. The van der Waals surface area contributed by atoms with Crippen molar-refractivity contribution in [2.75, 3.05) is 0 Å². The van der Waals surface area contributed by atoms with Crippen molar-refractivity contribution in [2.24, 2.45) is 0 Å². The van der Waals surface area contributed by atoms with Crippen LogP contribution in [0.4, 0.5) is 0 Å². The number of carboxylic acids is 1. The van der Waals surface area contributed by atoms with E-state index < -0.39 is 5.97 Å². The molecule has 0 spiro atoms. The van der Waals surface area contributed by atoms with E-state index in [4.69, 9.17) is 0 Å². The molecule has 0 heterocycles. The summed E-state index contributed by atoms with van der Waals surface area (Å²) in [5, 5.41) is 9.30. The largest absolute Gasteiger partial charge is 0.478 e. The van der Waals surface area contributed by atoms with Crippen LogP contribution in [0.25, 0.3) is 11.1 Å². The second-order valence-electron chi connectivity index (χ2n) is 7.34. The lowest BCUT2D eigenvalue weighted by Gasteiger charge is -2.11. The fourth-order valence-electron chi connectivity index (χ4n) is 3.39. The minimum Gasteiger partial charge on any atom is -0.478 e. The lowest BCUT2D eigenvalue weighted by atomic mass is 9.94. The zero-order valence-electron chi connectivity index (χ0n) is 17.1. The third-order valence-electron chi connectivity index (χ3n) is 4.44. The summed E-state index contributed by atoms with van der Waals surface area (Å²) in [7, 11) is 0. The molecule has 0 aliphatic carbocycles. The fraction of sp³-hybridized carbons (Fsp3) is 0.240. The van der Waals surface area contributed by atoms with E-state index in [1.165, 1.54) is 22.3 Å². The minimum atomic E-state index is -0.881. The smallest absolute Gasteiger partial charge is 0.336 e. The van der Waals surface area contributed by atoms with Gasteiger partial charge in [-0.25, -0.2) is 4.79 Å². The Labute approximate surface area is 162 Å². The maximum atomic E-state index is 11.3. The highest BCUT2D eigenvalue weighted by molar-refractivity contribution is 5.96. The van der Waals surface area contributed by atoms with Crippen molar-refractivity contribution >= 4 is 5.97 Å². The van der Waals surface area contributed by atoms with Gasteiger partial charge in [0.05, 0.1) is 5.56 Å². The van der Waals surface area contributed by atoms with E-state index in [1.54, 1.807) is 6.07 Å². The van der Waals surface area contributed by atoms with Crippen molar-refractivity contribution in [3.63, 3.8) is 0 Å². The Kier molecular flexibility index (Phi) is 6.57. The molecule has 0 aromatic heterocycles. The highest BCUT2D eigenvalue weighted by Gasteiger charge is 2.13. The molecule has 0 saturated carbocycles. The number of carbonyl (C=O) groups is 1. The lowest BCUT2D eigenvalue weighted by Crippen LogP contribution is -2.01. The third-order valence-corrected chi connectivity index (χ3v) is 4.44. The van der Waals surface area contributed by atoms with Gasteiger partial charge in [-0.15, -0.1) is 0 Å². The van der Waals surface area contributed by atoms with E-state index in [1.807, 2.05) is 45.0 Å². The Hall–Kier alpha value is -2.87. The molecule has 0 unspecified atom stereocenters. The standard InChI is InChI=1S/C16H16O2.C9H12/c1-10-4-6-13(12(3)8-10)14-7-5-11(2)9-15(14)16(17)18;1-7-4-8(2)6-9(3)5-7/h4-9H,1-3H3,(H,17,18);4-6H,1-3H3. The van der Waals surface area contributed by atoms with Gasteiger partial charge < -0.3 is 5.11 Å². The summed E-state index contributed by atoms with van der Waals surface area (Å²) in [5.41, 5.74) is 9.43. The van der Waals surface area contributed by atoms with Crippen LogP contribution in [0.5, 0.6) is 0 Å². The van der Waals surface area contributed by atoms with Gasteiger partial charge in [0.2, 0.25) is 0 Å². The van der Waals surface area contributed by atoms with Crippen LogP contribution >= 0.6 is 0 Å². The SMILES string of the molecule is Cc1cc(C)cc(C)c1.Cc1ccc(-c2ccc(C)cc2C(=O)O)c(C)c1. The zero-order chi connectivity index (χ0) is 20.1. The topological polar surface area (TPSA) is 37.3 Å². The van der Waals surface area contributed by atoms with E-state index in [0.29, 0.717) is 5.56 Å². The molecule has 3 aromatic rings. The van der Waals surface area contributed by atoms with E-state index in [-0.39, 0.29) is 0 Å². The van der Waals surface area contributed by atoms with Gasteiger partial charge >= 0.3 is 5.97 Å². The van der Waals surface area contributed by atoms with Crippen molar-refractivity contribution < 1.29 is 9.90 Å². The van der Waals surface area contributed by atoms with Gasteiger partial charge in [-0.2, -0.15) is 0 Å². The van der Waals surface area contributed by atoms with Crippen LogP contribution in [-0.2, 0) is 0 Å². The molecule has 0 fully saturated rings. The Morgan fingerprint density at radius 1 is 0.593 bits per heavy atom. The molecular weight excluding hydrogens is 332 g/mol. The molecule has 0 aliphatic heterocycles. The molecule has 140 valence electrons. The van der Waals surface area contributed by atoms with Gasteiger partial charge in [0.15, 0.2) is 0 Å². The van der Waals surface area contributed by atoms with Crippen molar-refractivity contribution in [2.45, 2.75) is 41.5 Å². The summed E-state index contributed by atoms with van der Waals surface area (Å²) in [6.07, 6.45) is 0. The maximum Gasteiger partial charge on any atom is 0.336 e. The highest BCUT2D eigenvalue weighted by Crippen LogP contribution is 2.28. The van der Waals surface area contributed by atoms with E-state index >= 15 is 0 Å². The summed E-state index contributed by atoms with van der Waals surface area (Å²) in [6.45, 7) is 12.3. The molecule has 0 atom stereocenters. The van der Waals surface area contributed by atoms with Crippen LogP contribution in [0.1, 0.15) is 43.7 Å². The summed E-state index contributed by atoms with van der Waals surface area (Å²) in [4.78, 5) is 11.3. The van der Waals surface area contributed by atoms with Gasteiger partial charge in [0.1, 0.15) is 0 Å². The molecular formula is C25H28O2. The van der Waals surface area contributed by atoms with Crippen molar-refractivity contribution in [1.29, 1.82) is 0 Å². The Balaban J connectivity index is 0.000000244. The van der Waals surface area contributed by atoms with Crippen molar-refractivity contribution in [3.8, 4) is 11.1 Å². The van der Waals surface area contributed by atoms with E-state index in [9.17, 15) is 9.90 Å². The summed E-state index contributed by atoms with van der Waals surface area (Å²) in [6, 6.07) is 18.2. The molecule has 0 aliphatic rings. The monoisotopic (exact) mass is 360 g/mol. The average Bonchev–Trinajstić information content (AvgIpc) is 2.54. The van der Waals surface area contributed by atoms with Crippen LogP contribution < -0.4 is 0 Å². The molecule has 0 bridgehead atoms. The summed E-state index contributed by atoms with van der Waals surface area (Å²) < 4.78 is 0. The van der Waals surface area contributed by atoms with Gasteiger partial charge in [-0.3, -0.25) is 0 Å². The molecule has 0 saturated heterocycles. The minimum absolute atomic E-state index is 0.363. The van der Waals surface area contributed by atoms with Gasteiger partial charge in [0, 0.05) is 0 Å². The highest BCUT2D eigenvalue weighted by atomic mass is 16.4. The van der Waals surface area contributed by atoms with Gasteiger partial charge in [-0.05, 0) is 64.3 Å². The lowest BCUT2D eigenvalue weighted by molar-refractivity contribution is 0.0697. The molecule has 0 amide bonds. The second kappa shape index (κ2) is 8.68. The van der Waals surface area contributed by atoms with Crippen molar-refractivity contribution in [3.05, 3.63) is 93.5 Å². The normalized spacial score (nSPS) is 10.1. The Morgan fingerprint density at radius 3 is 1.48 bits per heavy atom. The Bertz CT molecular complexity index is 918. The first-order valence-corrected chi connectivity index (χ1v) is 9.14. The average molecular weight is 360 g/mol. The number of hydrogen-bond acceptors (Lipinski definition) is 1. The molecule has 1 N–H and O–H groups in total. The third kappa shape index (κ3) is 5.55. The van der Waals surface area contributed by atoms with E-state index in [0.717, 1.165) is 22.3 Å². The number of carboxylic acid groups (broad SMARTS) is 1. The molecule has 2 nitrogen and oxygen atoms in total. The fourth-order valence-corrected chi connectivity index (χ4v) is 3.39. The van der Waals surface area contributed by atoms with Crippen LogP contribution in [-0.4, -0.2) is 11.1 Å². The molecule has 3 rings (SSSR count). The zero-order valence-corrected chi connectivity index (χ0v) is 17.1. The van der Waals surface area contributed by atoms with Crippen LogP contribution in [0.2, 0.25) is 0 Å². The number of aryl methyl sites for hydroxylation is 6. The van der Waals surface area contributed by atoms with Gasteiger partial charge in [0.25, 0.3) is 0 Å². The number of hydrogen-bond donors (Lipinski definition) is 1. The summed E-state index contributed by atoms with van der Waals surface area (Å²) >= 11 is 0.